The van der Waals surface area contributed by atoms with Gasteiger partial charge in [-0.3, -0.25) is 4.98 Å². The second-order valence-electron chi connectivity index (χ2n) is 2.93. The average molecular weight is 209 g/mol. The summed E-state index contributed by atoms with van der Waals surface area (Å²) in [6.45, 7) is -0.216. The van der Waals surface area contributed by atoms with Crippen LogP contribution in [0, 0.1) is 0 Å². The summed E-state index contributed by atoms with van der Waals surface area (Å²) in [6.07, 6.45) is 0.446. The van der Waals surface area contributed by atoms with Gasteiger partial charge in [0.25, 0.3) is 0 Å². The summed E-state index contributed by atoms with van der Waals surface area (Å²) in [7, 11) is 0. The molecule has 0 fully saturated rings. The van der Waals surface area contributed by atoms with Crippen molar-refractivity contribution >= 4 is 5.69 Å². The van der Waals surface area contributed by atoms with Crippen LogP contribution >= 0.6 is 0 Å². The number of aliphatic hydroxyl groups is 2. The molecule has 0 bridgehead atoms. The Kier molecular flexibility index (Phi) is 3.87. The minimum Gasteiger partial charge on any atom is -0.398 e. The molecule has 0 aliphatic rings. The minimum atomic E-state index is -1.20. The molecule has 1 aromatic rings. The number of nitrogens with two attached hydrogens (primary N) is 1. The van der Waals surface area contributed by atoms with E-state index >= 15 is 0 Å². The first-order chi connectivity index (χ1) is 7.16. The first kappa shape index (κ1) is 11.3. The zero-order valence-corrected chi connectivity index (χ0v) is 7.85. The predicted octanol–water partition coefficient (Wildman–Crippen LogP) is 0.368. The van der Waals surface area contributed by atoms with Crippen LogP contribution in [0.3, 0.4) is 0 Å². The highest BCUT2D eigenvalue weighted by Crippen LogP contribution is 2.21. The van der Waals surface area contributed by atoms with E-state index < -0.39 is 12.2 Å². The standard InChI is InChI=1S/C8H11N5O2/c9-6-1-2-11-3-5(6)8(15)7(14)4-12-13-10/h1-3,7-8,14-15H,4H2,(H2,9,11). The lowest BCUT2D eigenvalue weighted by molar-refractivity contribution is 0.0246. The second kappa shape index (κ2) is 5.16. The van der Waals surface area contributed by atoms with Gasteiger partial charge in [-0.1, -0.05) is 5.11 Å². The van der Waals surface area contributed by atoms with E-state index in [0.717, 1.165) is 0 Å². The molecule has 1 rings (SSSR count). The van der Waals surface area contributed by atoms with Crippen LogP contribution in [-0.4, -0.2) is 27.8 Å². The van der Waals surface area contributed by atoms with E-state index in [0.29, 0.717) is 11.3 Å². The van der Waals surface area contributed by atoms with Crippen molar-refractivity contribution in [2.45, 2.75) is 12.2 Å². The summed E-state index contributed by atoms with van der Waals surface area (Å²) < 4.78 is 0. The zero-order valence-electron chi connectivity index (χ0n) is 7.85. The van der Waals surface area contributed by atoms with Crippen molar-refractivity contribution in [3.63, 3.8) is 0 Å². The molecule has 2 unspecified atom stereocenters. The fourth-order valence-electron chi connectivity index (χ4n) is 1.09. The van der Waals surface area contributed by atoms with Gasteiger partial charge >= 0.3 is 0 Å². The Morgan fingerprint density at radius 2 is 2.33 bits per heavy atom. The number of rotatable bonds is 4. The Balaban J connectivity index is 2.79. The molecule has 0 radical (unpaired) electrons. The Bertz CT molecular complexity index is 377. The Labute approximate surface area is 85.8 Å². The first-order valence-corrected chi connectivity index (χ1v) is 4.23. The first-order valence-electron chi connectivity index (χ1n) is 4.23. The molecule has 0 saturated heterocycles. The summed E-state index contributed by atoms with van der Waals surface area (Å²) >= 11 is 0. The zero-order chi connectivity index (χ0) is 11.3. The maximum Gasteiger partial charge on any atom is 0.108 e. The summed E-state index contributed by atoms with van der Waals surface area (Å²) in [4.78, 5) is 6.26. The molecule has 0 saturated carbocycles. The van der Waals surface area contributed by atoms with Crippen molar-refractivity contribution in [1.82, 2.24) is 4.98 Å². The topological polar surface area (TPSA) is 128 Å². The quantitative estimate of drug-likeness (QED) is 0.375. The molecule has 7 nitrogen and oxygen atoms in total. The number of azide groups is 1. The van der Waals surface area contributed by atoms with Gasteiger partial charge in [-0.25, -0.2) is 0 Å². The van der Waals surface area contributed by atoms with Gasteiger partial charge in [0.1, 0.15) is 6.10 Å². The fourth-order valence-corrected chi connectivity index (χ4v) is 1.09. The van der Waals surface area contributed by atoms with E-state index in [2.05, 4.69) is 15.0 Å². The smallest absolute Gasteiger partial charge is 0.108 e. The highest BCUT2D eigenvalue weighted by atomic mass is 16.3. The maximum atomic E-state index is 9.64. The minimum absolute atomic E-state index is 0.216. The SMILES string of the molecule is [N-]=[N+]=NCC(O)C(O)c1cnccc1N. The largest absolute Gasteiger partial charge is 0.398 e. The van der Waals surface area contributed by atoms with Gasteiger partial charge in [0.2, 0.25) is 0 Å². The lowest BCUT2D eigenvalue weighted by atomic mass is 10.1. The molecular weight excluding hydrogens is 198 g/mol. The van der Waals surface area contributed by atoms with Crippen LogP contribution in [-0.2, 0) is 0 Å². The van der Waals surface area contributed by atoms with Crippen molar-refractivity contribution in [2.75, 3.05) is 12.3 Å². The third-order valence-electron chi connectivity index (χ3n) is 1.90. The molecule has 7 heteroatoms. The number of aliphatic hydroxyl groups excluding tert-OH is 2. The van der Waals surface area contributed by atoms with Gasteiger partial charge in [-0.15, -0.1) is 0 Å². The average Bonchev–Trinajstić information content (AvgIpc) is 2.25. The van der Waals surface area contributed by atoms with E-state index in [1.165, 1.54) is 18.5 Å². The van der Waals surface area contributed by atoms with Gasteiger partial charge in [0.15, 0.2) is 0 Å². The number of aromatic nitrogens is 1. The van der Waals surface area contributed by atoms with E-state index in [9.17, 15) is 10.2 Å². The number of nitrogen functional groups attached to an aromatic ring is 1. The van der Waals surface area contributed by atoms with E-state index in [1.54, 1.807) is 0 Å². The number of nitrogens with zero attached hydrogens (tertiary/aromatic N) is 4. The van der Waals surface area contributed by atoms with Crippen LogP contribution in [0.5, 0.6) is 0 Å². The maximum absolute atomic E-state index is 9.64. The lowest BCUT2D eigenvalue weighted by Crippen LogP contribution is -2.22. The fraction of sp³-hybridized carbons (Fsp3) is 0.375. The van der Waals surface area contributed by atoms with Crippen molar-refractivity contribution in [1.29, 1.82) is 0 Å². The molecule has 1 heterocycles. The van der Waals surface area contributed by atoms with Gasteiger partial charge in [-0.2, -0.15) is 0 Å². The monoisotopic (exact) mass is 209 g/mol. The van der Waals surface area contributed by atoms with Gasteiger partial charge in [-0.05, 0) is 11.6 Å². The van der Waals surface area contributed by atoms with E-state index in [1.807, 2.05) is 0 Å². The molecule has 4 N–H and O–H groups in total. The molecular formula is C8H11N5O2. The molecule has 0 spiro atoms. The summed E-state index contributed by atoms with van der Waals surface area (Å²) in [6, 6.07) is 1.51. The summed E-state index contributed by atoms with van der Waals surface area (Å²) in [5.74, 6) is 0. The number of hydrogen-bond acceptors (Lipinski definition) is 5. The Hall–Kier alpha value is -1.82. The van der Waals surface area contributed by atoms with Crippen molar-refractivity contribution < 1.29 is 10.2 Å². The third kappa shape index (κ3) is 2.81. The normalized spacial score (nSPS) is 14.0. The second-order valence-corrected chi connectivity index (χ2v) is 2.93. The highest BCUT2D eigenvalue weighted by Gasteiger charge is 2.19. The van der Waals surface area contributed by atoms with Crippen molar-refractivity contribution in [3.8, 4) is 0 Å². The van der Waals surface area contributed by atoms with Crippen LogP contribution in [0.15, 0.2) is 23.6 Å². The van der Waals surface area contributed by atoms with E-state index in [4.69, 9.17) is 11.3 Å². The Morgan fingerprint density at radius 1 is 1.60 bits per heavy atom. The van der Waals surface area contributed by atoms with Crippen molar-refractivity contribution in [2.24, 2.45) is 5.11 Å². The number of pyridine rings is 1. The molecule has 0 aliphatic carbocycles. The van der Waals surface area contributed by atoms with Gasteiger partial charge in [0, 0.05) is 28.6 Å². The molecule has 0 aromatic carbocycles. The summed E-state index contributed by atoms with van der Waals surface area (Å²) in [5.41, 5.74) is 14.3. The molecule has 15 heavy (non-hydrogen) atoms. The van der Waals surface area contributed by atoms with Crippen LogP contribution in [0.25, 0.3) is 10.4 Å². The van der Waals surface area contributed by atoms with Gasteiger partial charge in [0.05, 0.1) is 12.6 Å². The van der Waals surface area contributed by atoms with Gasteiger partial charge < -0.3 is 15.9 Å². The molecule has 1 aromatic heterocycles. The summed E-state index contributed by atoms with van der Waals surface area (Å²) in [5, 5.41) is 22.2. The number of anilines is 1. The Morgan fingerprint density at radius 3 is 2.93 bits per heavy atom. The molecule has 2 atom stereocenters. The lowest BCUT2D eigenvalue weighted by Gasteiger charge is -2.17. The third-order valence-corrected chi connectivity index (χ3v) is 1.90. The van der Waals surface area contributed by atoms with Crippen LogP contribution in [0.1, 0.15) is 11.7 Å². The predicted molar refractivity (Wildman–Crippen MR) is 53.6 cm³/mol. The van der Waals surface area contributed by atoms with Crippen LogP contribution in [0.2, 0.25) is 0 Å². The number of hydrogen-bond donors (Lipinski definition) is 3. The molecule has 0 amide bonds. The van der Waals surface area contributed by atoms with Crippen LogP contribution in [0.4, 0.5) is 5.69 Å². The molecule has 0 aliphatic heterocycles. The van der Waals surface area contributed by atoms with E-state index in [-0.39, 0.29) is 6.54 Å². The van der Waals surface area contributed by atoms with Crippen LogP contribution < -0.4 is 5.73 Å². The molecule has 80 valence electrons. The van der Waals surface area contributed by atoms with Crippen molar-refractivity contribution in [3.05, 3.63) is 34.5 Å². The highest BCUT2D eigenvalue weighted by molar-refractivity contribution is 5.45.